The van der Waals surface area contributed by atoms with Gasteiger partial charge in [-0.05, 0) is 34.7 Å². The molecule has 0 atom stereocenters. The molecule has 0 radical (unpaired) electrons. The maximum Gasteiger partial charge on any atom is 0.228 e. The number of hydrogen-bond acceptors (Lipinski definition) is 2. The summed E-state index contributed by atoms with van der Waals surface area (Å²) in [5, 5.41) is 2.92. The molecule has 0 fully saturated rings. The van der Waals surface area contributed by atoms with Gasteiger partial charge in [0.2, 0.25) is 5.91 Å². The first kappa shape index (κ1) is 15.3. The molecule has 1 amide bonds. The molecule has 0 bridgehead atoms. The largest absolute Gasteiger partial charge is 0.326 e. The number of benzene rings is 2. The van der Waals surface area contributed by atoms with Crippen LogP contribution in [0.15, 0.2) is 48.5 Å². The monoisotopic (exact) mass is 282 g/mol. The summed E-state index contributed by atoms with van der Waals surface area (Å²) < 4.78 is 0. The van der Waals surface area contributed by atoms with Crippen molar-refractivity contribution in [1.82, 2.24) is 0 Å². The van der Waals surface area contributed by atoms with Gasteiger partial charge in [-0.25, -0.2) is 0 Å². The molecule has 0 aromatic heterocycles. The molecule has 0 aliphatic carbocycles. The van der Waals surface area contributed by atoms with Gasteiger partial charge in [0.1, 0.15) is 0 Å². The number of nitrogens with two attached hydrogens (primary N) is 1. The van der Waals surface area contributed by atoms with Gasteiger partial charge in [-0.2, -0.15) is 0 Å². The van der Waals surface area contributed by atoms with Crippen molar-refractivity contribution >= 4 is 11.6 Å². The van der Waals surface area contributed by atoms with E-state index >= 15 is 0 Å². The first-order valence-corrected chi connectivity index (χ1v) is 7.26. The number of carbonyl (C=O) groups is 1. The lowest BCUT2D eigenvalue weighted by Gasteiger charge is -2.09. The number of amides is 1. The Morgan fingerprint density at radius 3 is 2.10 bits per heavy atom. The Kier molecular flexibility index (Phi) is 5.12. The van der Waals surface area contributed by atoms with Crippen LogP contribution in [0.4, 0.5) is 5.69 Å². The van der Waals surface area contributed by atoms with Crippen molar-refractivity contribution < 1.29 is 4.79 Å². The van der Waals surface area contributed by atoms with Gasteiger partial charge in [0, 0.05) is 12.2 Å². The van der Waals surface area contributed by atoms with Crippen LogP contribution < -0.4 is 11.1 Å². The van der Waals surface area contributed by atoms with E-state index in [-0.39, 0.29) is 5.91 Å². The van der Waals surface area contributed by atoms with Crippen molar-refractivity contribution in [3.63, 3.8) is 0 Å². The highest BCUT2D eigenvalue weighted by molar-refractivity contribution is 5.92. The summed E-state index contributed by atoms with van der Waals surface area (Å²) in [5.41, 5.74) is 9.72. The van der Waals surface area contributed by atoms with E-state index in [1.54, 1.807) is 0 Å². The molecule has 0 heterocycles. The lowest BCUT2D eigenvalue weighted by Crippen LogP contribution is -2.14. The van der Waals surface area contributed by atoms with Crippen molar-refractivity contribution in [2.24, 2.45) is 5.73 Å². The van der Waals surface area contributed by atoms with Gasteiger partial charge in [-0.15, -0.1) is 0 Å². The molecule has 0 aliphatic rings. The van der Waals surface area contributed by atoms with Crippen molar-refractivity contribution in [2.45, 2.75) is 32.7 Å². The third-order valence-electron chi connectivity index (χ3n) is 3.48. The van der Waals surface area contributed by atoms with Crippen LogP contribution in [0.5, 0.6) is 0 Å². The van der Waals surface area contributed by atoms with Crippen molar-refractivity contribution in [1.29, 1.82) is 0 Å². The molecule has 2 rings (SSSR count). The minimum Gasteiger partial charge on any atom is -0.326 e. The summed E-state index contributed by atoms with van der Waals surface area (Å²) >= 11 is 0. The standard InChI is InChI=1S/C18H22N2O/c1-13(2)16-7-9-17(10-8-16)20-18(21)11-14-3-5-15(12-19)6-4-14/h3-10,13H,11-12,19H2,1-2H3,(H,20,21). The zero-order valence-electron chi connectivity index (χ0n) is 12.6. The van der Waals surface area contributed by atoms with Gasteiger partial charge in [0.05, 0.1) is 6.42 Å². The van der Waals surface area contributed by atoms with Crippen LogP contribution in [0.2, 0.25) is 0 Å². The van der Waals surface area contributed by atoms with Crippen LogP contribution in [0, 0.1) is 0 Å². The molecule has 3 heteroatoms. The molecule has 3 nitrogen and oxygen atoms in total. The second kappa shape index (κ2) is 7.04. The SMILES string of the molecule is CC(C)c1ccc(NC(=O)Cc2ccc(CN)cc2)cc1. The summed E-state index contributed by atoms with van der Waals surface area (Å²) in [5.74, 6) is 0.489. The van der Waals surface area contributed by atoms with E-state index in [2.05, 4.69) is 31.3 Å². The fourth-order valence-electron chi connectivity index (χ4n) is 2.14. The molecule has 0 unspecified atom stereocenters. The molecule has 3 N–H and O–H groups in total. The van der Waals surface area contributed by atoms with Gasteiger partial charge in [0.15, 0.2) is 0 Å². The quantitative estimate of drug-likeness (QED) is 0.882. The molecule has 21 heavy (non-hydrogen) atoms. The molecule has 0 saturated carbocycles. The summed E-state index contributed by atoms with van der Waals surface area (Å²) in [7, 11) is 0. The highest BCUT2D eigenvalue weighted by Gasteiger charge is 2.05. The number of nitrogens with one attached hydrogen (secondary N) is 1. The highest BCUT2D eigenvalue weighted by atomic mass is 16.1. The van der Waals surface area contributed by atoms with E-state index in [0.29, 0.717) is 18.9 Å². The van der Waals surface area contributed by atoms with Crippen molar-refractivity contribution in [2.75, 3.05) is 5.32 Å². The Labute approximate surface area is 126 Å². The summed E-state index contributed by atoms with van der Waals surface area (Å²) in [6.07, 6.45) is 0.372. The Bertz CT molecular complexity index is 586. The Balaban J connectivity index is 1.94. The fourth-order valence-corrected chi connectivity index (χ4v) is 2.14. The highest BCUT2D eigenvalue weighted by Crippen LogP contribution is 2.17. The van der Waals surface area contributed by atoms with Gasteiger partial charge < -0.3 is 11.1 Å². The van der Waals surface area contributed by atoms with Crippen molar-refractivity contribution in [3.05, 3.63) is 65.2 Å². The third-order valence-corrected chi connectivity index (χ3v) is 3.48. The van der Waals surface area contributed by atoms with E-state index in [4.69, 9.17) is 5.73 Å². The maximum absolute atomic E-state index is 12.0. The first-order valence-electron chi connectivity index (χ1n) is 7.26. The Morgan fingerprint density at radius 1 is 1.00 bits per heavy atom. The summed E-state index contributed by atoms with van der Waals surface area (Å²) in [6.45, 7) is 4.83. The zero-order chi connectivity index (χ0) is 15.2. The van der Waals surface area contributed by atoms with Crippen LogP contribution >= 0.6 is 0 Å². The molecular formula is C18H22N2O. The molecule has 110 valence electrons. The second-order valence-electron chi connectivity index (χ2n) is 5.52. The van der Waals surface area contributed by atoms with E-state index < -0.39 is 0 Å². The van der Waals surface area contributed by atoms with Crippen molar-refractivity contribution in [3.8, 4) is 0 Å². The minimum atomic E-state index is -0.00667. The first-order chi connectivity index (χ1) is 10.1. The topological polar surface area (TPSA) is 55.1 Å². The molecule has 0 saturated heterocycles. The molecule has 0 aliphatic heterocycles. The smallest absolute Gasteiger partial charge is 0.228 e. The molecule has 2 aromatic carbocycles. The predicted molar refractivity (Wildman–Crippen MR) is 87.2 cm³/mol. The molecular weight excluding hydrogens is 260 g/mol. The number of carbonyl (C=O) groups excluding carboxylic acids is 1. The zero-order valence-corrected chi connectivity index (χ0v) is 12.6. The molecule has 2 aromatic rings. The van der Waals surface area contributed by atoms with Crippen LogP contribution in [-0.2, 0) is 17.8 Å². The van der Waals surface area contributed by atoms with Crippen LogP contribution in [0.1, 0.15) is 36.5 Å². The third kappa shape index (κ3) is 4.43. The van der Waals surface area contributed by atoms with E-state index in [9.17, 15) is 4.79 Å². The van der Waals surface area contributed by atoms with Crippen LogP contribution in [-0.4, -0.2) is 5.91 Å². The van der Waals surface area contributed by atoms with Gasteiger partial charge in [0.25, 0.3) is 0 Å². The summed E-state index contributed by atoms with van der Waals surface area (Å²) in [4.78, 5) is 12.0. The van der Waals surface area contributed by atoms with Crippen LogP contribution in [0.3, 0.4) is 0 Å². The van der Waals surface area contributed by atoms with Gasteiger partial charge in [-0.3, -0.25) is 4.79 Å². The molecule has 0 spiro atoms. The van der Waals surface area contributed by atoms with E-state index in [1.165, 1.54) is 5.56 Å². The minimum absolute atomic E-state index is 0.00667. The van der Waals surface area contributed by atoms with Crippen LogP contribution in [0.25, 0.3) is 0 Å². The van der Waals surface area contributed by atoms with E-state index in [1.807, 2.05) is 36.4 Å². The Morgan fingerprint density at radius 2 is 1.57 bits per heavy atom. The number of anilines is 1. The normalized spacial score (nSPS) is 10.7. The fraction of sp³-hybridized carbons (Fsp3) is 0.278. The maximum atomic E-state index is 12.0. The van der Waals surface area contributed by atoms with E-state index in [0.717, 1.165) is 16.8 Å². The summed E-state index contributed by atoms with van der Waals surface area (Å²) in [6, 6.07) is 15.8. The Hall–Kier alpha value is -2.13. The van der Waals surface area contributed by atoms with Gasteiger partial charge in [-0.1, -0.05) is 50.2 Å². The number of rotatable bonds is 5. The number of hydrogen-bond donors (Lipinski definition) is 2. The average Bonchev–Trinajstić information content (AvgIpc) is 2.48. The second-order valence-corrected chi connectivity index (χ2v) is 5.52. The average molecular weight is 282 g/mol. The predicted octanol–water partition coefficient (Wildman–Crippen LogP) is 3.45. The van der Waals surface area contributed by atoms with Gasteiger partial charge >= 0.3 is 0 Å². The lowest BCUT2D eigenvalue weighted by molar-refractivity contribution is -0.115. The lowest BCUT2D eigenvalue weighted by atomic mass is 10.0.